The van der Waals surface area contributed by atoms with Gasteiger partial charge in [-0.1, -0.05) is 29.4 Å². The number of nitrogens with zero attached hydrogens (tertiary/aromatic N) is 5. The Balaban J connectivity index is 1.56. The summed E-state index contributed by atoms with van der Waals surface area (Å²) in [6.07, 6.45) is 1.76. The van der Waals surface area contributed by atoms with Crippen LogP contribution in [0.5, 0.6) is 0 Å². The second kappa shape index (κ2) is 5.48. The van der Waals surface area contributed by atoms with Gasteiger partial charge in [0.05, 0.1) is 26.0 Å². The summed E-state index contributed by atoms with van der Waals surface area (Å²) in [4.78, 5) is 4.28. The van der Waals surface area contributed by atoms with Crippen LogP contribution in [0.3, 0.4) is 0 Å². The van der Waals surface area contributed by atoms with Crippen molar-refractivity contribution in [2.24, 2.45) is 5.41 Å². The zero-order valence-electron chi connectivity index (χ0n) is 13.4. The van der Waals surface area contributed by atoms with Crippen molar-refractivity contribution in [3.63, 3.8) is 0 Å². The molecule has 1 aliphatic rings. The van der Waals surface area contributed by atoms with E-state index in [4.69, 9.17) is 9.26 Å². The molecule has 0 amide bonds. The fourth-order valence-electron chi connectivity index (χ4n) is 2.58. The van der Waals surface area contributed by atoms with Gasteiger partial charge >= 0.3 is 0 Å². The number of benzene rings is 1. The van der Waals surface area contributed by atoms with Gasteiger partial charge in [0.1, 0.15) is 5.82 Å². The SMILES string of the molecule is Cc1ccc(-c2noc(-c3cn(CC4(C)COC4)nn3)n2)cc1F. The monoisotopic (exact) mass is 329 g/mol. The molecule has 0 spiro atoms. The van der Waals surface area contributed by atoms with E-state index in [0.717, 1.165) is 0 Å². The van der Waals surface area contributed by atoms with Gasteiger partial charge in [0.25, 0.3) is 5.89 Å². The summed E-state index contributed by atoms with van der Waals surface area (Å²) in [6, 6.07) is 4.82. The summed E-state index contributed by atoms with van der Waals surface area (Å²) in [5.74, 6) is 0.269. The Morgan fingerprint density at radius 3 is 2.88 bits per heavy atom. The zero-order chi connectivity index (χ0) is 16.7. The lowest BCUT2D eigenvalue weighted by Crippen LogP contribution is -2.43. The topological polar surface area (TPSA) is 78.9 Å². The van der Waals surface area contributed by atoms with Gasteiger partial charge in [-0.05, 0) is 18.6 Å². The molecule has 1 fully saturated rings. The van der Waals surface area contributed by atoms with Crippen molar-refractivity contribution in [3.05, 3.63) is 35.8 Å². The minimum atomic E-state index is -0.305. The summed E-state index contributed by atoms with van der Waals surface area (Å²) < 4.78 is 25.9. The maximum Gasteiger partial charge on any atom is 0.280 e. The molecule has 3 aromatic rings. The molecule has 1 aliphatic heterocycles. The van der Waals surface area contributed by atoms with Gasteiger partial charge in [0, 0.05) is 11.0 Å². The lowest BCUT2D eigenvalue weighted by Gasteiger charge is -2.37. The number of rotatable bonds is 4. The van der Waals surface area contributed by atoms with Crippen LogP contribution < -0.4 is 0 Å². The minimum Gasteiger partial charge on any atom is -0.380 e. The third-order valence-electron chi connectivity index (χ3n) is 4.06. The second-order valence-corrected chi connectivity index (χ2v) is 6.49. The Kier molecular flexibility index (Phi) is 3.42. The van der Waals surface area contributed by atoms with Gasteiger partial charge in [-0.3, -0.25) is 4.68 Å². The average Bonchev–Trinajstić information content (AvgIpc) is 3.17. The van der Waals surface area contributed by atoms with Crippen LogP contribution in [-0.4, -0.2) is 38.3 Å². The molecular formula is C16H16FN5O2. The first-order valence-corrected chi connectivity index (χ1v) is 7.61. The fourth-order valence-corrected chi connectivity index (χ4v) is 2.58. The van der Waals surface area contributed by atoms with Gasteiger partial charge in [0.15, 0.2) is 5.69 Å². The second-order valence-electron chi connectivity index (χ2n) is 6.49. The van der Waals surface area contributed by atoms with E-state index in [1.807, 2.05) is 0 Å². The number of hydrogen-bond acceptors (Lipinski definition) is 6. The van der Waals surface area contributed by atoms with E-state index in [-0.39, 0.29) is 17.1 Å². The number of aryl methyl sites for hydroxylation is 1. The highest BCUT2D eigenvalue weighted by atomic mass is 19.1. The lowest BCUT2D eigenvalue weighted by molar-refractivity contribution is -0.111. The molecule has 1 saturated heterocycles. The minimum absolute atomic E-state index is 0.0877. The van der Waals surface area contributed by atoms with Crippen LogP contribution in [0.25, 0.3) is 23.0 Å². The smallest absolute Gasteiger partial charge is 0.280 e. The van der Waals surface area contributed by atoms with Crippen LogP contribution in [0.15, 0.2) is 28.9 Å². The molecule has 4 rings (SSSR count). The molecule has 0 saturated carbocycles. The molecule has 1 aromatic carbocycles. The molecule has 2 aromatic heterocycles. The molecule has 8 heteroatoms. The van der Waals surface area contributed by atoms with Gasteiger partial charge < -0.3 is 9.26 Å². The van der Waals surface area contributed by atoms with Gasteiger partial charge in [-0.2, -0.15) is 4.98 Å². The van der Waals surface area contributed by atoms with Crippen LogP contribution >= 0.6 is 0 Å². The molecular weight excluding hydrogens is 313 g/mol. The largest absolute Gasteiger partial charge is 0.380 e. The number of halogens is 1. The first-order chi connectivity index (χ1) is 11.5. The van der Waals surface area contributed by atoms with E-state index in [1.165, 1.54) is 6.07 Å². The average molecular weight is 329 g/mol. The predicted molar refractivity (Wildman–Crippen MR) is 82.4 cm³/mol. The Bertz CT molecular complexity index is 884. The molecule has 3 heterocycles. The van der Waals surface area contributed by atoms with Crippen molar-refractivity contribution < 1.29 is 13.7 Å². The van der Waals surface area contributed by atoms with Crippen molar-refractivity contribution >= 4 is 0 Å². The van der Waals surface area contributed by atoms with Crippen molar-refractivity contribution in [1.29, 1.82) is 0 Å². The van der Waals surface area contributed by atoms with Gasteiger partial charge in [-0.15, -0.1) is 5.10 Å². The Labute approximate surface area is 137 Å². The normalized spacial score (nSPS) is 16.1. The van der Waals surface area contributed by atoms with E-state index in [2.05, 4.69) is 27.4 Å². The van der Waals surface area contributed by atoms with Gasteiger partial charge in [0.2, 0.25) is 5.82 Å². The highest BCUT2D eigenvalue weighted by Crippen LogP contribution is 2.29. The Hall–Kier alpha value is -2.61. The number of ether oxygens (including phenoxy) is 1. The van der Waals surface area contributed by atoms with Crippen LogP contribution in [0.4, 0.5) is 4.39 Å². The highest BCUT2D eigenvalue weighted by molar-refractivity contribution is 5.58. The molecule has 0 radical (unpaired) electrons. The van der Waals surface area contributed by atoms with Crippen LogP contribution in [0, 0.1) is 18.2 Å². The molecule has 0 atom stereocenters. The van der Waals surface area contributed by atoms with Crippen molar-refractivity contribution in [2.45, 2.75) is 20.4 Å². The summed E-state index contributed by atoms with van der Waals surface area (Å²) in [5.41, 5.74) is 1.70. The van der Waals surface area contributed by atoms with Gasteiger partial charge in [-0.25, -0.2) is 4.39 Å². The van der Waals surface area contributed by atoms with E-state index < -0.39 is 0 Å². The summed E-state index contributed by atoms with van der Waals surface area (Å²) in [6.45, 7) is 5.98. The van der Waals surface area contributed by atoms with Crippen LogP contribution in [0.1, 0.15) is 12.5 Å². The molecule has 0 unspecified atom stereocenters. The summed E-state index contributed by atoms with van der Waals surface area (Å²) in [5, 5.41) is 12.1. The quantitative estimate of drug-likeness (QED) is 0.732. The van der Waals surface area contributed by atoms with Crippen molar-refractivity contribution in [2.75, 3.05) is 13.2 Å². The first kappa shape index (κ1) is 14.9. The first-order valence-electron chi connectivity index (χ1n) is 7.61. The molecule has 24 heavy (non-hydrogen) atoms. The molecule has 0 N–H and O–H groups in total. The maximum absolute atomic E-state index is 13.7. The maximum atomic E-state index is 13.7. The molecule has 0 bridgehead atoms. The zero-order valence-corrected chi connectivity index (χ0v) is 13.4. The van der Waals surface area contributed by atoms with E-state index in [9.17, 15) is 4.39 Å². The Morgan fingerprint density at radius 1 is 1.33 bits per heavy atom. The molecule has 7 nitrogen and oxygen atoms in total. The lowest BCUT2D eigenvalue weighted by atomic mass is 9.89. The highest BCUT2D eigenvalue weighted by Gasteiger charge is 2.34. The van der Waals surface area contributed by atoms with E-state index in [0.29, 0.717) is 42.4 Å². The number of hydrogen-bond donors (Lipinski definition) is 0. The third-order valence-corrected chi connectivity index (χ3v) is 4.06. The summed E-state index contributed by atoms with van der Waals surface area (Å²) >= 11 is 0. The Morgan fingerprint density at radius 2 is 2.17 bits per heavy atom. The van der Waals surface area contributed by atoms with E-state index >= 15 is 0 Å². The fraction of sp³-hybridized carbons (Fsp3) is 0.375. The number of aromatic nitrogens is 5. The molecule has 0 aliphatic carbocycles. The standard InChI is InChI=1S/C16H16FN5O2/c1-10-3-4-11(5-12(10)17)14-18-15(24-20-14)13-6-22(21-19-13)7-16(2)8-23-9-16/h3-6H,7-9H2,1-2H3. The van der Waals surface area contributed by atoms with E-state index in [1.54, 1.807) is 29.9 Å². The predicted octanol–water partition coefficient (Wildman–Crippen LogP) is 2.48. The third kappa shape index (κ3) is 2.69. The van der Waals surface area contributed by atoms with Crippen molar-refractivity contribution in [3.8, 4) is 23.0 Å². The van der Waals surface area contributed by atoms with Crippen LogP contribution in [0.2, 0.25) is 0 Å². The molecule has 124 valence electrons. The van der Waals surface area contributed by atoms with Crippen LogP contribution in [-0.2, 0) is 11.3 Å². The summed E-state index contributed by atoms with van der Waals surface area (Å²) in [7, 11) is 0. The van der Waals surface area contributed by atoms with Crippen molar-refractivity contribution in [1.82, 2.24) is 25.1 Å².